The molecule has 2 unspecified atom stereocenters. The van der Waals surface area contributed by atoms with Gasteiger partial charge in [-0.2, -0.15) is 0 Å². The van der Waals surface area contributed by atoms with Crippen molar-refractivity contribution < 1.29 is 18.6 Å². The number of hydrogen-bond acceptors (Lipinski definition) is 4. The van der Waals surface area contributed by atoms with Gasteiger partial charge in [0.2, 0.25) is 0 Å². The summed E-state index contributed by atoms with van der Waals surface area (Å²) in [6.45, 7) is 5.73. The Hall–Kier alpha value is -3.15. The maximum Gasteiger partial charge on any atom is 0.161 e. The molecule has 3 aromatic carbocycles. The zero-order chi connectivity index (χ0) is 25.8. The van der Waals surface area contributed by atoms with Gasteiger partial charge in [-0.3, -0.25) is 4.90 Å². The van der Waals surface area contributed by atoms with Gasteiger partial charge in [0.05, 0.1) is 20.8 Å². The van der Waals surface area contributed by atoms with E-state index in [2.05, 4.69) is 60.4 Å². The van der Waals surface area contributed by atoms with Crippen molar-refractivity contribution in [2.75, 3.05) is 40.5 Å². The minimum atomic E-state index is -0.671. The Labute approximate surface area is 219 Å². The number of fused-ring (bicyclic) bond motifs is 1. The summed E-state index contributed by atoms with van der Waals surface area (Å²) in [5.41, 5.74) is 5.33. The van der Waals surface area contributed by atoms with Gasteiger partial charge in [-0.05, 0) is 77.9 Å². The maximum atomic E-state index is 13.9. The fraction of sp³-hybridized carbons (Fsp3) is 0.375. The highest BCUT2D eigenvalue weighted by Crippen LogP contribution is 2.49. The van der Waals surface area contributed by atoms with Crippen molar-refractivity contribution in [3.8, 4) is 11.5 Å². The van der Waals surface area contributed by atoms with Crippen LogP contribution in [-0.4, -0.2) is 45.4 Å². The average Bonchev–Trinajstić information content (AvgIpc) is 2.95. The van der Waals surface area contributed by atoms with Gasteiger partial charge in [0.25, 0.3) is 0 Å². The van der Waals surface area contributed by atoms with Crippen molar-refractivity contribution in [3.63, 3.8) is 0 Å². The second kappa shape index (κ2) is 11.1. The zero-order valence-electron chi connectivity index (χ0n) is 22.0. The van der Waals surface area contributed by atoms with Gasteiger partial charge in [0, 0.05) is 19.0 Å². The van der Waals surface area contributed by atoms with Crippen LogP contribution in [0.2, 0.25) is 0 Å². The van der Waals surface area contributed by atoms with Crippen LogP contribution in [0.1, 0.15) is 54.4 Å². The second-order valence-electron chi connectivity index (χ2n) is 10.1. The topological polar surface area (TPSA) is 30.9 Å². The number of methoxy groups -OCH3 is 2. The Morgan fingerprint density at radius 3 is 2.41 bits per heavy atom. The van der Waals surface area contributed by atoms with Crippen LogP contribution in [0.5, 0.6) is 11.5 Å². The van der Waals surface area contributed by atoms with Gasteiger partial charge in [-0.1, -0.05) is 55.5 Å². The maximum absolute atomic E-state index is 13.9. The van der Waals surface area contributed by atoms with Gasteiger partial charge in [-0.25, -0.2) is 4.39 Å². The van der Waals surface area contributed by atoms with E-state index >= 15 is 0 Å². The molecule has 5 heteroatoms. The summed E-state index contributed by atoms with van der Waals surface area (Å²) >= 11 is 0. The number of rotatable bonds is 8. The molecule has 5 rings (SSSR count). The third-order valence-corrected chi connectivity index (χ3v) is 7.85. The largest absolute Gasteiger partial charge is 0.493 e. The Balaban J connectivity index is 1.40. The molecule has 2 aliphatic heterocycles. The van der Waals surface area contributed by atoms with E-state index in [0.29, 0.717) is 12.4 Å². The Morgan fingerprint density at radius 1 is 1.00 bits per heavy atom. The molecular formula is C32H36FNO3. The number of ether oxygens (including phenoxy) is 3. The normalized spacial score (nSPS) is 21.7. The molecule has 0 radical (unpaired) electrons. The van der Waals surface area contributed by atoms with Gasteiger partial charge < -0.3 is 14.2 Å². The molecule has 0 saturated heterocycles. The van der Waals surface area contributed by atoms with Crippen molar-refractivity contribution in [2.24, 2.45) is 0 Å². The standard InChI is InChI=1S/C32H36FNO3/c1-23-22-37-32(26-10-12-27(33)13-11-26,29-21-31(36-3)30(35-2)20-28(23)29)16-7-17-34-18-14-25(15-19-34)24-8-5-4-6-9-24/h4-6,8-14,20-21,23H,7,15-19,22H2,1-3H3. The number of benzene rings is 3. The molecule has 194 valence electrons. The van der Waals surface area contributed by atoms with Crippen LogP contribution < -0.4 is 9.47 Å². The van der Waals surface area contributed by atoms with E-state index in [1.54, 1.807) is 14.2 Å². The highest BCUT2D eigenvalue weighted by molar-refractivity contribution is 5.66. The van der Waals surface area contributed by atoms with Crippen molar-refractivity contribution in [1.29, 1.82) is 0 Å². The molecule has 0 N–H and O–H groups in total. The molecule has 2 aliphatic rings. The molecular weight excluding hydrogens is 465 g/mol. The molecule has 3 aromatic rings. The van der Waals surface area contributed by atoms with Crippen LogP contribution in [0.15, 0.2) is 72.8 Å². The highest BCUT2D eigenvalue weighted by atomic mass is 19.1. The number of nitrogens with zero attached hydrogens (tertiary/aromatic N) is 1. The lowest BCUT2D eigenvalue weighted by atomic mass is 9.75. The van der Waals surface area contributed by atoms with E-state index in [1.807, 2.05) is 12.1 Å². The third kappa shape index (κ3) is 5.16. The van der Waals surface area contributed by atoms with E-state index in [-0.39, 0.29) is 11.7 Å². The van der Waals surface area contributed by atoms with E-state index in [0.717, 1.165) is 55.8 Å². The second-order valence-corrected chi connectivity index (χ2v) is 10.1. The van der Waals surface area contributed by atoms with E-state index in [9.17, 15) is 4.39 Å². The summed E-state index contributed by atoms with van der Waals surface area (Å²) in [4.78, 5) is 2.51. The van der Waals surface area contributed by atoms with Crippen LogP contribution in [0, 0.1) is 5.82 Å². The molecule has 0 amide bonds. The minimum Gasteiger partial charge on any atom is -0.493 e. The monoisotopic (exact) mass is 501 g/mol. The molecule has 0 bridgehead atoms. The summed E-state index contributed by atoms with van der Waals surface area (Å²) in [7, 11) is 3.32. The van der Waals surface area contributed by atoms with Crippen molar-refractivity contribution in [3.05, 3.63) is 101 Å². The predicted octanol–water partition coefficient (Wildman–Crippen LogP) is 6.79. The average molecular weight is 502 g/mol. The van der Waals surface area contributed by atoms with Crippen LogP contribution in [0.25, 0.3) is 5.57 Å². The molecule has 2 atom stereocenters. The first-order chi connectivity index (χ1) is 18.0. The van der Waals surface area contributed by atoms with E-state index in [4.69, 9.17) is 14.2 Å². The molecule has 37 heavy (non-hydrogen) atoms. The predicted molar refractivity (Wildman–Crippen MR) is 146 cm³/mol. The molecule has 0 saturated carbocycles. The fourth-order valence-corrected chi connectivity index (χ4v) is 5.78. The Morgan fingerprint density at radius 2 is 1.73 bits per heavy atom. The van der Waals surface area contributed by atoms with Crippen molar-refractivity contribution in [1.82, 2.24) is 4.90 Å². The van der Waals surface area contributed by atoms with Gasteiger partial charge in [0.15, 0.2) is 11.5 Å². The Bertz CT molecular complexity index is 1240. The molecule has 2 heterocycles. The van der Waals surface area contributed by atoms with E-state index < -0.39 is 5.60 Å². The first-order valence-corrected chi connectivity index (χ1v) is 13.2. The lowest BCUT2D eigenvalue weighted by Gasteiger charge is -2.43. The first kappa shape index (κ1) is 25.5. The molecule has 0 spiro atoms. The number of hydrogen-bond donors (Lipinski definition) is 0. The summed E-state index contributed by atoms with van der Waals surface area (Å²) in [6.07, 6.45) is 5.16. The fourth-order valence-electron chi connectivity index (χ4n) is 5.78. The van der Waals surface area contributed by atoms with Crippen molar-refractivity contribution in [2.45, 2.75) is 37.7 Å². The lowest BCUT2D eigenvalue weighted by molar-refractivity contribution is -0.0460. The summed E-state index contributed by atoms with van der Waals surface area (Å²) in [5, 5.41) is 0. The zero-order valence-corrected chi connectivity index (χ0v) is 22.0. The lowest BCUT2D eigenvalue weighted by Crippen LogP contribution is -2.39. The van der Waals surface area contributed by atoms with Gasteiger partial charge >= 0.3 is 0 Å². The smallest absolute Gasteiger partial charge is 0.161 e. The SMILES string of the molecule is COc1cc2c(cc1OC)C(CCCN1CC=C(c3ccccc3)CC1)(c1ccc(F)cc1)OCC2C. The molecule has 0 aromatic heterocycles. The molecule has 4 nitrogen and oxygen atoms in total. The highest BCUT2D eigenvalue weighted by Gasteiger charge is 2.42. The van der Waals surface area contributed by atoms with Crippen LogP contribution in [-0.2, 0) is 10.3 Å². The summed E-state index contributed by atoms with van der Waals surface area (Å²) in [6, 6.07) is 21.6. The van der Waals surface area contributed by atoms with Crippen LogP contribution in [0.3, 0.4) is 0 Å². The minimum absolute atomic E-state index is 0.215. The van der Waals surface area contributed by atoms with Gasteiger partial charge in [-0.15, -0.1) is 0 Å². The van der Waals surface area contributed by atoms with Crippen LogP contribution in [0.4, 0.5) is 4.39 Å². The molecule has 0 fully saturated rings. The van der Waals surface area contributed by atoms with Crippen molar-refractivity contribution >= 4 is 5.57 Å². The Kier molecular flexibility index (Phi) is 7.63. The van der Waals surface area contributed by atoms with E-state index in [1.165, 1.54) is 28.8 Å². The summed E-state index contributed by atoms with van der Waals surface area (Å²) in [5.74, 6) is 1.37. The first-order valence-electron chi connectivity index (χ1n) is 13.2. The van der Waals surface area contributed by atoms with Gasteiger partial charge in [0.1, 0.15) is 11.4 Å². The molecule has 0 aliphatic carbocycles. The third-order valence-electron chi connectivity index (χ3n) is 7.85. The summed E-state index contributed by atoms with van der Waals surface area (Å²) < 4.78 is 31.9. The van der Waals surface area contributed by atoms with Crippen LogP contribution >= 0.6 is 0 Å². The number of halogens is 1. The quantitative estimate of drug-likeness (QED) is 0.340.